The van der Waals surface area contributed by atoms with Crippen LogP contribution in [0.5, 0.6) is 0 Å². The third kappa shape index (κ3) is 14.9. The van der Waals surface area contributed by atoms with Crippen molar-refractivity contribution in [1.29, 1.82) is 0 Å². The highest BCUT2D eigenvalue weighted by molar-refractivity contribution is 6.44. The molecule has 0 aromatic heterocycles. The zero-order chi connectivity index (χ0) is 22.0. The van der Waals surface area contributed by atoms with Crippen LogP contribution in [0.1, 0.15) is 64.7 Å². The van der Waals surface area contributed by atoms with Gasteiger partial charge in [-0.05, 0) is 42.8 Å². The Morgan fingerprint density at radius 2 is 0.690 bits per heavy atom. The van der Waals surface area contributed by atoms with Crippen molar-refractivity contribution in [3.05, 3.63) is 0 Å². The molecule has 3 radical (unpaired) electrons. The van der Waals surface area contributed by atoms with Crippen molar-refractivity contribution < 1.29 is 26.6 Å². The number of rotatable bonds is 21. The summed E-state index contributed by atoms with van der Waals surface area (Å²) in [4.78, 5) is 0. The molecule has 0 bridgehead atoms. The highest BCUT2D eigenvalue weighted by atomic mass is 28.3. The summed E-state index contributed by atoms with van der Waals surface area (Å²) in [6.07, 6.45) is 11.1. The van der Waals surface area contributed by atoms with Gasteiger partial charge in [-0.15, -0.1) is 0 Å². The normalized spacial score (nSPS) is 12.6. The van der Waals surface area contributed by atoms with E-state index >= 15 is 0 Å². The lowest BCUT2D eigenvalue weighted by Gasteiger charge is -2.30. The van der Waals surface area contributed by atoms with Gasteiger partial charge in [-0.1, -0.05) is 45.4 Å². The molecule has 0 aliphatic carbocycles. The monoisotopic (exact) mass is 465 g/mol. The number of hydrogen-bond acceptors (Lipinski definition) is 6. The maximum Gasteiger partial charge on any atom is 0.384 e. The Balaban J connectivity index is 4.43. The Kier molecular flexibility index (Phi) is 19.4. The Bertz CT molecular complexity index is 303. The zero-order valence-corrected chi connectivity index (χ0v) is 22.9. The molecular weight excluding hydrogens is 420 g/mol. The van der Waals surface area contributed by atoms with Crippen molar-refractivity contribution >= 4 is 27.9 Å². The molecule has 0 aliphatic rings. The topological polar surface area (TPSA) is 55.4 Å². The van der Waals surface area contributed by atoms with Crippen LogP contribution >= 0.6 is 0 Å². The molecule has 0 atom stereocenters. The fourth-order valence-corrected chi connectivity index (χ4v) is 7.04. The van der Waals surface area contributed by atoms with Gasteiger partial charge in [-0.25, -0.2) is 0 Å². The predicted octanol–water partition coefficient (Wildman–Crippen LogP) is 4.85. The van der Waals surface area contributed by atoms with Gasteiger partial charge in [0.15, 0.2) is 0 Å². The van der Waals surface area contributed by atoms with E-state index in [1.807, 2.05) is 0 Å². The van der Waals surface area contributed by atoms with Gasteiger partial charge in [0.2, 0.25) is 0 Å². The van der Waals surface area contributed by atoms with Crippen LogP contribution in [0, 0.1) is 5.41 Å². The Morgan fingerprint density at radius 3 is 0.897 bits per heavy atom. The van der Waals surface area contributed by atoms with Gasteiger partial charge in [0, 0.05) is 42.7 Å². The standard InChI is InChI=1S/C20H45O6Si3/c1-20(14-8-11-17-27(21-2)22-3,15-9-12-18-28(23-4)24-5)16-10-13-19-29(25-6)26-7/h8-19H2,1-7H3. The molecule has 0 aromatic rings. The molecule has 0 amide bonds. The minimum absolute atomic E-state index is 0.396. The molecule has 0 saturated carbocycles. The Hall–Kier alpha value is 0.411. The van der Waals surface area contributed by atoms with E-state index in [-0.39, 0.29) is 0 Å². The van der Waals surface area contributed by atoms with E-state index in [1.165, 1.54) is 57.8 Å². The van der Waals surface area contributed by atoms with Crippen molar-refractivity contribution in [2.75, 3.05) is 42.7 Å². The molecule has 0 heterocycles. The SMILES string of the molecule is CO[Si](CCCCC(C)(CCCC[Si](OC)OC)CCCC[Si](OC)OC)OC. The smallest absolute Gasteiger partial charge is 0.384 e. The maximum absolute atomic E-state index is 5.42. The summed E-state index contributed by atoms with van der Waals surface area (Å²) in [6, 6.07) is 3.19. The van der Waals surface area contributed by atoms with Crippen LogP contribution in [0.25, 0.3) is 0 Å². The van der Waals surface area contributed by atoms with E-state index in [9.17, 15) is 0 Å². The summed E-state index contributed by atoms with van der Waals surface area (Å²) in [5, 5.41) is 0. The van der Waals surface area contributed by atoms with Crippen LogP contribution in [0.3, 0.4) is 0 Å². The van der Waals surface area contributed by atoms with Crippen LogP contribution in [0.15, 0.2) is 0 Å². The molecule has 6 nitrogen and oxygen atoms in total. The van der Waals surface area contributed by atoms with Gasteiger partial charge >= 0.3 is 27.9 Å². The van der Waals surface area contributed by atoms with Gasteiger partial charge in [-0.3, -0.25) is 0 Å². The molecule has 173 valence electrons. The molecule has 29 heavy (non-hydrogen) atoms. The van der Waals surface area contributed by atoms with Crippen molar-refractivity contribution in [3.8, 4) is 0 Å². The minimum atomic E-state index is -1.06. The van der Waals surface area contributed by atoms with Crippen LogP contribution in [-0.2, 0) is 26.6 Å². The van der Waals surface area contributed by atoms with Crippen molar-refractivity contribution in [2.24, 2.45) is 5.41 Å². The fourth-order valence-electron chi connectivity index (χ4n) is 3.70. The molecule has 0 rings (SSSR count). The third-order valence-corrected chi connectivity index (χ3v) is 10.6. The molecule has 0 aromatic carbocycles. The third-order valence-electron chi connectivity index (χ3n) is 5.60. The van der Waals surface area contributed by atoms with Gasteiger partial charge in [0.25, 0.3) is 0 Å². The minimum Gasteiger partial charge on any atom is -0.397 e. The van der Waals surface area contributed by atoms with E-state index in [2.05, 4.69) is 6.92 Å². The second-order valence-electron chi connectivity index (χ2n) is 7.77. The highest BCUT2D eigenvalue weighted by Gasteiger charge is 2.24. The van der Waals surface area contributed by atoms with Gasteiger partial charge in [0.1, 0.15) is 0 Å². The summed E-state index contributed by atoms with van der Waals surface area (Å²) >= 11 is 0. The lowest BCUT2D eigenvalue weighted by atomic mass is 9.76. The second kappa shape index (κ2) is 19.1. The quantitative estimate of drug-likeness (QED) is 0.178. The fraction of sp³-hybridized carbons (Fsp3) is 1.00. The number of hydrogen-bond donors (Lipinski definition) is 0. The molecule has 0 spiro atoms. The van der Waals surface area contributed by atoms with Gasteiger partial charge in [-0.2, -0.15) is 0 Å². The second-order valence-corrected chi connectivity index (χ2v) is 14.0. The lowest BCUT2D eigenvalue weighted by molar-refractivity contribution is 0.222. The molecule has 0 saturated heterocycles. The summed E-state index contributed by atoms with van der Waals surface area (Å²) in [5.41, 5.74) is 0.396. The van der Waals surface area contributed by atoms with Crippen molar-refractivity contribution in [3.63, 3.8) is 0 Å². The first-order valence-corrected chi connectivity index (χ1v) is 15.4. The van der Waals surface area contributed by atoms with E-state index in [0.29, 0.717) is 5.41 Å². The van der Waals surface area contributed by atoms with Crippen LogP contribution in [0.2, 0.25) is 18.1 Å². The highest BCUT2D eigenvalue weighted by Crippen LogP contribution is 2.37. The summed E-state index contributed by atoms with van der Waals surface area (Å²) in [6.45, 7) is 2.47. The van der Waals surface area contributed by atoms with Crippen LogP contribution in [-0.4, -0.2) is 70.5 Å². The van der Waals surface area contributed by atoms with Crippen LogP contribution in [0.4, 0.5) is 0 Å². The molecule has 9 heteroatoms. The average molecular weight is 466 g/mol. The van der Waals surface area contributed by atoms with Crippen LogP contribution < -0.4 is 0 Å². The summed E-state index contributed by atoms with van der Waals surface area (Å²) in [5.74, 6) is 0. The maximum atomic E-state index is 5.42. The Labute approximate surface area is 185 Å². The summed E-state index contributed by atoms with van der Waals surface area (Å²) in [7, 11) is 7.36. The zero-order valence-electron chi connectivity index (χ0n) is 19.9. The lowest BCUT2D eigenvalue weighted by Crippen LogP contribution is -2.21. The van der Waals surface area contributed by atoms with E-state index in [1.54, 1.807) is 42.7 Å². The molecule has 0 unspecified atom stereocenters. The predicted molar refractivity (Wildman–Crippen MR) is 123 cm³/mol. The molecular formula is C20H45O6Si3. The van der Waals surface area contributed by atoms with E-state index in [4.69, 9.17) is 26.6 Å². The molecule has 0 N–H and O–H groups in total. The largest absolute Gasteiger partial charge is 0.397 e. The summed E-state index contributed by atoms with van der Waals surface area (Å²) < 4.78 is 32.5. The number of unbranched alkanes of at least 4 members (excludes halogenated alkanes) is 3. The van der Waals surface area contributed by atoms with E-state index < -0.39 is 27.9 Å². The van der Waals surface area contributed by atoms with E-state index in [0.717, 1.165) is 18.1 Å². The average Bonchev–Trinajstić information content (AvgIpc) is 2.74. The van der Waals surface area contributed by atoms with Gasteiger partial charge < -0.3 is 26.6 Å². The molecule has 0 aliphatic heterocycles. The first kappa shape index (κ1) is 29.4. The van der Waals surface area contributed by atoms with Crippen molar-refractivity contribution in [2.45, 2.75) is 82.8 Å². The molecule has 0 fully saturated rings. The first-order valence-electron chi connectivity index (χ1n) is 10.8. The Morgan fingerprint density at radius 1 is 0.448 bits per heavy atom. The first-order chi connectivity index (χ1) is 14.0. The van der Waals surface area contributed by atoms with Crippen molar-refractivity contribution in [1.82, 2.24) is 0 Å². The van der Waals surface area contributed by atoms with Gasteiger partial charge in [0.05, 0.1) is 0 Å².